The molecule has 0 spiro atoms. The molecule has 2 aromatic rings. The Morgan fingerprint density at radius 3 is 2.45 bits per heavy atom. The molecule has 20 heavy (non-hydrogen) atoms. The zero-order chi connectivity index (χ0) is 14.6. The van der Waals surface area contributed by atoms with E-state index in [9.17, 15) is 8.42 Å². The predicted molar refractivity (Wildman–Crippen MR) is 78.9 cm³/mol. The summed E-state index contributed by atoms with van der Waals surface area (Å²) in [5.41, 5.74) is 1.73. The van der Waals surface area contributed by atoms with Gasteiger partial charge in [0, 0.05) is 38.7 Å². The van der Waals surface area contributed by atoms with Crippen LogP contribution in [-0.2, 0) is 16.6 Å². The Morgan fingerprint density at radius 2 is 1.90 bits per heavy atom. The number of anilines is 1. The van der Waals surface area contributed by atoms with Gasteiger partial charge in [0.1, 0.15) is 0 Å². The molecular weight excluding hydrogens is 274 g/mol. The molecule has 6 heteroatoms. The van der Waals surface area contributed by atoms with Crippen LogP contribution >= 0.6 is 0 Å². The topological polar surface area (TPSA) is 62.3 Å². The Morgan fingerprint density at radius 1 is 1.20 bits per heavy atom. The van der Waals surface area contributed by atoms with Gasteiger partial charge in [0.05, 0.1) is 4.90 Å². The average molecular weight is 291 g/mol. The maximum Gasteiger partial charge on any atom is 0.243 e. The smallest absolute Gasteiger partial charge is 0.243 e. The maximum absolute atomic E-state index is 12.4. The van der Waals surface area contributed by atoms with E-state index in [1.54, 1.807) is 56.8 Å². The van der Waals surface area contributed by atoms with Crippen molar-refractivity contribution in [1.82, 2.24) is 9.29 Å². The van der Waals surface area contributed by atoms with Crippen LogP contribution in [0.5, 0.6) is 0 Å². The number of benzene rings is 1. The molecule has 0 amide bonds. The molecule has 0 unspecified atom stereocenters. The van der Waals surface area contributed by atoms with Crippen LogP contribution < -0.4 is 5.32 Å². The molecular formula is C14H17N3O2S. The summed E-state index contributed by atoms with van der Waals surface area (Å²) in [5, 5.41) is 2.96. The van der Waals surface area contributed by atoms with Gasteiger partial charge in [-0.2, -0.15) is 4.31 Å². The normalized spacial score (nSPS) is 11.6. The van der Waals surface area contributed by atoms with Gasteiger partial charge in [-0.1, -0.05) is 6.07 Å². The van der Waals surface area contributed by atoms with Crippen LogP contribution in [0.3, 0.4) is 0 Å². The number of nitrogens with zero attached hydrogens (tertiary/aromatic N) is 2. The first-order valence-electron chi connectivity index (χ1n) is 6.17. The van der Waals surface area contributed by atoms with Crippen LogP contribution in [0.4, 0.5) is 5.69 Å². The molecule has 5 nitrogen and oxygen atoms in total. The number of sulfonamides is 1. The van der Waals surface area contributed by atoms with Crippen LogP contribution in [0.1, 0.15) is 5.56 Å². The second kappa shape index (κ2) is 6.02. The van der Waals surface area contributed by atoms with Crippen molar-refractivity contribution in [2.75, 3.05) is 19.4 Å². The molecule has 1 aromatic carbocycles. The second-order valence-electron chi connectivity index (χ2n) is 4.40. The van der Waals surface area contributed by atoms with Crippen molar-refractivity contribution in [2.24, 2.45) is 0 Å². The fourth-order valence-corrected chi connectivity index (χ4v) is 2.97. The van der Waals surface area contributed by atoms with Crippen LogP contribution in [0.2, 0.25) is 0 Å². The molecule has 0 aliphatic heterocycles. The van der Waals surface area contributed by atoms with E-state index in [0.29, 0.717) is 6.54 Å². The van der Waals surface area contributed by atoms with E-state index < -0.39 is 10.0 Å². The van der Waals surface area contributed by atoms with Crippen LogP contribution in [0, 0.1) is 0 Å². The summed E-state index contributed by atoms with van der Waals surface area (Å²) in [6.07, 6.45) is 3.32. The third kappa shape index (κ3) is 3.15. The lowest BCUT2D eigenvalue weighted by Gasteiger charge is -2.17. The summed E-state index contributed by atoms with van der Waals surface area (Å²) < 4.78 is 26.2. The Hall–Kier alpha value is -1.92. The van der Waals surface area contributed by atoms with Crippen molar-refractivity contribution in [3.8, 4) is 0 Å². The quantitative estimate of drug-likeness (QED) is 0.914. The SMILES string of the molecule is CNc1ccc(S(=O)(=O)N(C)Cc2cccnc2)cc1. The molecule has 2 rings (SSSR count). The summed E-state index contributed by atoms with van der Waals surface area (Å²) in [4.78, 5) is 4.27. The standard InChI is InChI=1S/C14H17N3O2S/c1-15-13-5-7-14(8-6-13)20(18,19)17(2)11-12-4-3-9-16-10-12/h3-10,15H,11H2,1-2H3. The van der Waals surface area contributed by atoms with Crippen molar-refractivity contribution in [3.63, 3.8) is 0 Å². The molecule has 0 saturated heterocycles. The highest BCUT2D eigenvalue weighted by molar-refractivity contribution is 7.89. The van der Waals surface area contributed by atoms with Gasteiger partial charge in [0.15, 0.2) is 0 Å². The van der Waals surface area contributed by atoms with Crippen molar-refractivity contribution in [2.45, 2.75) is 11.4 Å². The van der Waals surface area contributed by atoms with E-state index >= 15 is 0 Å². The van der Waals surface area contributed by atoms with E-state index in [0.717, 1.165) is 11.3 Å². The van der Waals surface area contributed by atoms with E-state index in [4.69, 9.17) is 0 Å². The Balaban J connectivity index is 2.20. The van der Waals surface area contributed by atoms with Gasteiger partial charge in [-0.3, -0.25) is 4.98 Å². The lowest BCUT2D eigenvalue weighted by Crippen LogP contribution is -2.26. The van der Waals surface area contributed by atoms with Crippen molar-refractivity contribution in [3.05, 3.63) is 54.4 Å². The zero-order valence-corrected chi connectivity index (χ0v) is 12.3. The van der Waals surface area contributed by atoms with Gasteiger partial charge in [-0.05, 0) is 35.9 Å². The number of nitrogens with one attached hydrogen (secondary N) is 1. The summed E-state index contributed by atoms with van der Waals surface area (Å²) in [6.45, 7) is 0.296. The van der Waals surface area contributed by atoms with Gasteiger partial charge in [0.25, 0.3) is 0 Å². The number of hydrogen-bond donors (Lipinski definition) is 1. The second-order valence-corrected chi connectivity index (χ2v) is 6.44. The molecule has 1 heterocycles. The first kappa shape index (κ1) is 14.5. The van der Waals surface area contributed by atoms with E-state index in [1.807, 2.05) is 6.07 Å². The van der Waals surface area contributed by atoms with Gasteiger partial charge < -0.3 is 5.32 Å². The molecule has 1 aromatic heterocycles. The summed E-state index contributed by atoms with van der Waals surface area (Å²) in [5.74, 6) is 0. The minimum atomic E-state index is -3.48. The van der Waals surface area contributed by atoms with E-state index in [1.165, 1.54) is 4.31 Å². The minimum Gasteiger partial charge on any atom is -0.388 e. The highest BCUT2D eigenvalue weighted by Crippen LogP contribution is 2.18. The van der Waals surface area contributed by atoms with Gasteiger partial charge >= 0.3 is 0 Å². The lowest BCUT2D eigenvalue weighted by atomic mass is 10.3. The van der Waals surface area contributed by atoms with Gasteiger partial charge in [0.2, 0.25) is 10.0 Å². The van der Waals surface area contributed by atoms with E-state index in [-0.39, 0.29) is 4.90 Å². The Labute approximate surface area is 119 Å². The highest BCUT2D eigenvalue weighted by Gasteiger charge is 2.20. The highest BCUT2D eigenvalue weighted by atomic mass is 32.2. The Bertz CT molecular complexity index is 655. The van der Waals surface area contributed by atoms with Gasteiger partial charge in [-0.25, -0.2) is 8.42 Å². The van der Waals surface area contributed by atoms with Crippen molar-refractivity contribution in [1.29, 1.82) is 0 Å². The fourth-order valence-electron chi connectivity index (χ4n) is 1.81. The minimum absolute atomic E-state index is 0.280. The zero-order valence-electron chi connectivity index (χ0n) is 11.4. The first-order valence-corrected chi connectivity index (χ1v) is 7.61. The molecule has 1 N–H and O–H groups in total. The molecule has 0 aliphatic rings. The molecule has 0 saturated carbocycles. The molecule has 0 radical (unpaired) electrons. The monoisotopic (exact) mass is 291 g/mol. The average Bonchev–Trinajstić information content (AvgIpc) is 2.48. The largest absolute Gasteiger partial charge is 0.388 e. The van der Waals surface area contributed by atoms with E-state index in [2.05, 4.69) is 10.3 Å². The molecule has 0 fully saturated rings. The van der Waals surface area contributed by atoms with Crippen molar-refractivity contribution >= 4 is 15.7 Å². The van der Waals surface area contributed by atoms with Gasteiger partial charge in [-0.15, -0.1) is 0 Å². The molecule has 0 atom stereocenters. The molecule has 0 bridgehead atoms. The third-order valence-electron chi connectivity index (χ3n) is 2.98. The number of hydrogen-bond acceptors (Lipinski definition) is 4. The lowest BCUT2D eigenvalue weighted by molar-refractivity contribution is 0.466. The number of pyridine rings is 1. The first-order chi connectivity index (χ1) is 9.54. The third-order valence-corrected chi connectivity index (χ3v) is 4.80. The number of rotatable bonds is 5. The number of aromatic nitrogens is 1. The molecule has 0 aliphatic carbocycles. The van der Waals surface area contributed by atoms with Crippen LogP contribution in [0.25, 0.3) is 0 Å². The van der Waals surface area contributed by atoms with Crippen LogP contribution in [0.15, 0.2) is 53.7 Å². The Kier molecular flexibility index (Phi) is 4.36. The van der Waals surface area contributed by atoms with Crippen LogP contribution in [-0.4, -0.2) is 31.8 Å². The maximum atomic E-state index is 12.4. The summed E-state index contributed by atoms with van der Waals surface area (Å²) >= 11 is 0. The summed E-state index contributed by atoms with van der Waals surface area (Å²) in [7, 11) is -0.131. The van der Waals surface area contributed by atoms with Crippen molar-refractivity contribution < 1.29 is 8.42 Å². The molecule has 106 valence electrons. The predicted octanol–water partition coefficient (Wildman–Crippen LogP) is 1.94. The fraction of sp³-hybridized carbons (Fsp3) is 0.214. The summed E-state index contributed by atoms with van der Waals surface area (Å²) in [6, 6.07) is 10.3.